The molecule has 1 amide bonds. The first kappa shape index (κ1) is 20.4. The van der Waals surface area contributed by atoms with E-state index in [9.17, 15) is 13.2 Å². The number of hydrogen-bond acceptors (Lipinski definition) is 5. The number of hydrogen-bond donors (Lipinski definition) is 1. The van der Waals surface area contributed by atoms with Gasteiger partial charge >= 0.3 is 0 Å². The highest BCUT2D eigenvalue weighted by atomic mass is 32.2. The van der Waals surface area contributed by atoms with Gasteiger partial charge in [-0.15, -0.1) is 23.1 Å². The fraction of sp³-hybridized carbons (Fsp3) is 0.421. The molecule has 146 valence electrons. The van der Waals surface area contributed by atoms with Crippen LogP contribution in [0.25, 0.3) is 0 Å². The normalized spacial score (nSPS) is 15.8. The van der Waals surface area contributed by atoms with E-state index in [0.717, 1.165) is 5.75 Å². The van der Waals surface area contributed by atoms with Gasteiger partial charge in [0.2, 0.25) is 15.9 Å². The number of carbonyl (C=O) groups is 1. The highest BCUT2D eigenvalue weighted by Crippen LogP contribution is 2.20. The van der Waals surface area contributed by atoms with Crippen molar-refractivity contribution in [1.29, 1.82) is 0 Å². The summed E-state index contributed by atoms with van der Waals surface area (Å²) in [6.45, 7) is 3.26. The largest absolute Gasteiger partial charge is 0.342 e. The molecule has 2 aromatic rings. The Morgan fingerprint density at radius 1 is 1.26 bits per heavy atom. The number of piperidine rings is 1. The molecule has 1 aliphatic heterocycles. The van der Waals surface area contributed by atoms with Crippen molar-refractivity contribution in [2.45, 2.75) is 35.8 Å². The Hall–Kier alpha value is -1.35. The molecule has 0 radical (unpaired) electrons. The van der Waals surface area contributed by atoms with Gasteiger partial charge in [0.1, 0.15) is 4.21 Å². The van der Waals surface area contributed by atoms with E-state index in [1.807, 2.05) is 11.0 Å². The number of nitrogens with zero attached hydrogens (tertiary/aromatic N) is 1. The Bertz CT molecular complexity index is 858. The molecule has 0 saturated carbocycles. The minimum atomic E-state index is -3.44. The summed E-state index contributed by atoms with van der Waals surface area (Å²) in [4.78, 5) is 14.2. The number of thiophene rings is 1. The number of benzene rings is 1. The number of amides is 1. The lowest BCUT2D eigenvalue weighted by Gasteiger charge is -2.32. The summed E-state index contributed by atoms with van der Waals surface area (Å²) in [5.74, 6) is 1.41. The zero-order valence-electron chi connectivity index (χ0n) is 15.3. The van der Waals surface area contributed by atoms with Gasteiger partial charge in [-0.1, -0.05) is 35.9 Å². The van der Waals surface area contributed by atoms with Crippen molar-refractivity contribution < 1.29 is 13.2 Å². The molecule has 0 bridgehead atoms. The van der Waals surface area contributed by atoms with Gasteiger partial charge in [-0.3, -0.25) is 4.79 Å². The summed E-state index contributed by atoms with van der Waals surface area (Å²) >= 11 is 2.84. The van der Waals surface area contributed by atoms with Gasteiger partial charge in [-0.2, -0.15) is 0 Å². The van der Waals surface area contributed by atoms with Crippen molar-refractivity contribution in [3.8, 4) is 0 Å². The zero-order valence-corrected chi connectivity index (χ0v) is 17.7. The molecule has 1 aromatic carbocycles. The van der Waals surface area contributed by atoms with Gasteiger partial charge in [-0.25, -0.2) is 13.1 Å². The number of carbonyl (C=O) groups excluding carboxylic acids is 1. The molecule has 1 aliphatic rings. The lowest BCUT2D eigenvalue weighted by molar-refractivity contribution is -0.129. The summed E-state index contributed by atoms with van der Waals surface area (Å²) in [5, 5.41) is 1.75. The van der Waals surface area contributed by atoms with Crippen molar-refractivity contribution in [1.82, 2.24) is 9.62 Å². The van der Waals surface area contributed by atoms with Gasteiger partial charge in [0.25, 0.3) is 0 Å². The van der Waals surface area contributed by atoms with Crippen LogP contribution in [0, 0.1) is 6.92 Å². The average Bonchev–Trinajstić information content (AvgIpc) is 3.18. The molecular formula is C19H24N2O3S3. The second-order valence-electron chi connectivity index (χ2n) is 6.69. The first-order valence-corrected chi connectivity index (χ1v) is 12.4. The zero-order chi connectivity index (χ0) is 19.3. The van der Waals surface area contributed by atoms with Crippen LogP contribution in [0.3, 0.4) is 0 Å². The minimum absolute atomic E-state index is 0.110. The smallest absolute Gasteiger partial charge is 0.250 e. The molecule has 0 spiro atoms. The predicted molar refractivity (Wildman–Crippen MR) is 112 cm³/mol. The van der Waals surface area contributed by atoms with Crippen molar-refractivity contribution in [2.75, 3.05) is 18.8 Å². The lowest BCUT2D eigenvalue weighted by atomic mass is 10.1. The first-order chi connectivity index (χ1) is 12.9. The average molecular weight is 425 g/mol. The van der Waals surface area contributed by atoms with Crippen LogP contribution in [-0.2, 0) is 20.6 Å². The highest BCUT2D eigenvalue weighted by molar-refractivity contribution is 7.99. The second kappa shape index (κ2) is 9.23. The molecular weight excluding hydrogens is 400 g/mol. The number of rotatable bonds is 7. The predicted octanol–water partition coefficient (Wildman–Crippen LogP) is 3.26. The van der Waals surface area contributed by atoms with E-state index in [1.165, 1.54) is 22.5 Å². The van der Waals surface area contributed by atoms with Crippen LogP contribution < -0.4 is 4.72 Å². The Morgan fingerprint density at radius 3 is 2.70 bits per heavy atom. The third-order valence-electron chi connectivity index (χ3n) is 4.51. The molecule has 3 rings (SSSR count). The lowest BCUT2D eigenvalue weighted by Crippen LogP contribution is -2.46. The van der Waals surface area contributed by atoms with Crippen molar-refractivity contribution in [2.24, 2.45) is 0 Å². The van der Waals surface area contributed by atoms with Crippen LogP contribution in [0.4, 0.5) is 0 Å². The van der Waals surface area contributed by atoms with E-state index in [-0.39, 0.29) is 11.9 Å². The van der Waals surface area contributed by atoms with Crippen LogP contribution in [0.2, 0.25) is 0 Å². The molecule has 0 unspecified atom stereocenters. The molecule has 27 heavy (non-hydrogen) atoms. The summed E-state index contributed by atoms with van der Waals surface area (Å²) in [7, 11) is -3.44. The number of nitrogens with one attached hydrogen (secondary N) is 1. The van der Waals surface area contributed by atoms with E-state index < -0.39 is 10.0 Å². The van der Waals surface area contributed by atoms with Crippen LogP contribution in [-0.4, -0.2) is 44.1 Å². The molecule has 8 heteroatoms. The summed E-state index contributed by atoms with van der Waals surface area (Å²) in [6.07, 6.45) is 1.30. The molecule has 5 nitrogen and oxygen atoms in total. The number of aryl methyl sites for hydroxylation is 1. The fourth-order valence-corrected chi connectivity index (χ4v) is 6.28. The Kier molecular flexibility index (Phi) is 6.97. The maximum atomic E-state index is 12.4. The number of likely N-dealkylation sites (tertiary alicyclic amines) is 1. The van der Waals surface area contributed by atoms with E-state index in [2.05, 4.69) is 29.8 Å². The third kappa shape index (κ3) is 5.81. The number of sulfonamides is 1. The second-order valence-corrected chi connectivity index (χ2v) is 10.6. The summed E-state index contributed by atoms with van der Waals surface area (Å²) in [5.41, 5.74) is 2.46. The number of thioether (sulfide) groups is 1. The molecule has 2 heterocycles. The summed E-state index contributed by atoms with van der Waals surface area (Å²) < 4.78 is 27.7. The molecule has 1 fully saturated rings. The Labute approximate surface area is 169 Å². The molecule has 0 aliphatic carbocycles. The fourth-order valence-electron chi connectivity index (χ4n) is 3.09. The molecule has 1 aromatic heterocycles. The van der Waals surface area contributed by atoms with E-state index in [4.69, 9.17) is 0 Å². The highest BCUT2D eigenvalue weighted by Gasteiger charge is 2.26. The van der Waals surface area contributed by atoms with Gasteiger partial charge in [0, 0.05) is 24.9 Å². The Balaban J connectivity index is 1.41. The van der Waals surface area contributed by atoms with Gasteiger partial charge in [0.05, 0.1) is 5.75 Å². The van der Waals surface area contributed by atoms with Crippen molar-refractivity contribution in [3.63, 3.8) is 0 Å². The monoisotopic (exact) mass is 424 g/mol. The Morgan fingerprint density at radius 2 is 2.04 bits per heavy atom. The maximum absolute atomic E-state index is 12.4. The van der Waals surface area contributed by atoms with Crippen LogP contribution in [0.1, 0.15) is 24.0 Å². The van der Waals surface area contributed by atoms with Gasteiger partial charge < -0.3 is 4.90 Å². The van der Waals surface area contributed by atoms with Gasteiger partial charge in [0.15, 0.2) is 0 Å². The topological polar surface area (TPSA) is 66.5 Å². The van der Waals surface area contributed by atoms with Crippen LogP contribution in [0.5, 0.6) is 0 Å². The van der Waals surface area contributed by atoms with Crippen LogP contribution in [0.15, 0.2) is 46.0 Å². The molecule has 0 atom stereocenters. The first-order valence-electron chi connectivity index (χ1n) is 8.91. The maximum Gasteiger partial charge on any atom is 0.250 e. The SMILES string of the molecule is Cc1cccc(CSCC(=O)N2CCC(NS(=O)(=O)c3cccs3)CC2)c1. The van der Waals surface area contributed by atoms with Crippen LogP contribution >= 0.6 is 23.1 Å². The van der Waals surface area contributed by atoms with Gasteiger partial charge in [-0.05, 0) is 36.8 Å². The van der Waals surface area contributed by atoms with Crippen molar-refractivity contribution in [3.05, 3.63) is 52.9 Å². The van der Waals surface area contributed by atoms with Crippen molar-refractivity contribution >= 4 is 39.0 Å². The quantitative estimate of drug-likeness (QED) is 0.741. The standard InChI is InChI=1S/C19H24N2O3S3/c1-15-4-2-5-16(12-15)13-25-14-18(22)21-9-7-17(8-10-21)20-27(23,24)19-6-3-11-26-19/h2-6,11-12,17,20H,7-10,13-14H2,1H3. The van der Waals surface area contributed by atoms with E-state index in [1.54, 1.807) is 29.3 Å². The summed E-state index contributed by atoms with van der Waals surface area (Å²) in [6, 6.07) is 11.6. The van der Waals surface area contributed by atoms with E-state index >= 15 is 0 Å². The molecule has 1 N–H and O–H groups in total. The third-order valence-corrected chi connectivity index (χ3v) is 8.41. The minimum Gasteiger partial charge on any atom is -0.342 e. The van der Waals surface area contributed by atoms with E-state index in [0.29, 0.717) is 35.9 Å². The molecule has 1 saturated heterocycles.